The van der Waals surface area contributed by atoms with Gasteiger partial charge in [-0.05, 0) is 12.1 Å². The number of para-hydroxylation sites is 1. The van der Waals surface area contributed by atoms with Gasteiger partial charge >= 0.3 is 0 Å². The van der Waals surface area contributed by atoms with E-state index in [4.69, 9.17) is 4.74 Å². The Morgan fingerprint density at radius 2 is 2.00 bits per heavy atom. The highest BCUT2D eigenvalue weighted by atomic mass is 32.1. The predicted octanol–water partition coefficient (Wildman–Crippen LogP) is 2.22. The van der Waals surface area contributed by atoms with Crippen molar-refractivity contribution in [2.75, 3.05) is 12.4 Å². The first kappa shape index (κ1) is 19.5. The van der Waals surface area contributed by atoms with Gasteiger partial charge < -0.3 is 10.1 Å². The van der Waals surface area contributed by atoms with Gasteiger partial charge in [0.2, 0.25) is 16.9 Å². The fourth-order valence-corrected chi connectivity index (χ4v) is 2.52. The van der Waals surface area contributed by atoms with Crippen molar-refractivity contribution in [1.29, 1.82) is 0 Å². The van der Waals surface area contributed by atoms with Crippen LogP contribution in [-0.4, -0.2) is 35.3 Å². The molecule has 0 aliphatic rings. The standard InChI is InChI=1S/C17H21N5O3S/c1-17(2,3)15(24)19-16-22-21-14(26-16)9-13(23)20-18-10-11-7-5-6-8-12(11)25-4/h5-8,10H,9H2,1-4H3,(H,20,23)(H,19,22,24)/b18-10-. The minimum Gasteiger partial charge on any atom is -0.496 e. The summed E-state index contributed by atoms with van der Waals surface area (Å²) in [5.74, 6) is 0.168. The third-order valence-corrected chi connectivity index (χ3v) is 4.05. The lowest BCUT2D eigenvalue weighted by Gasteiger charge is -2.15. The molecule has 2 aromatic rings. The van der Waals surface area contributed by atoms with Crippen LogP contribution in [0.5, 0.6) is 5.75 Å². The van der Waals surface area contributed by atoms with Crippen LogP contribution in [0.15, 0.2) is 29.4 Å². The third-order valence-electron chi connectivity index (χ3n) is 3.21. The van der Waals surface area contributed by atoms with Crippen molar-refractivity contribution in [3.05, 3.63) is 34.8 Å². The zero-order chi connectivity index (χ0) is 19.2. The highest BCUT2D eigenvalue weighted by molar-refractivity contribution is 7.15. The maximum atomic E-state index is 11.9. The summed E-state index contributed by atoms with van der Waals surface area (Å²) < 4.78 is 5.20. The van der Waals surface area contributed by atoms with Crippen LogP contribution in [0.1, 0.15) is 31.3 Å². The van der Waals surface area contributed by atoms with Gasteiger partial charge in [0.05, 0.1) is 19.7 Å². The number of hydrogen-bond donors (Lipinski definition) is 2. The van der Waals surface area contributed by atoms with Gasteiger partial charge in [-0.3, -0.25) is 9.59 Å². The van der Waals surface area contributed by atoms with Gasteiger partial charge in [-0.15, -0.1) is 10.2 Å². The SMILES string of the molecule is COc1ccccc1/C=N\NC(=O)Cc1nnc(NC(=O)C(C)(C)C)s1. The van der Waals surface area contributed by atoms with E-state index in [1.807, 2.05) is 18.2 Å². The zero-order valence-corrected chi connectivity index (χ0v) is 15.9. The summed E-state index contributed by atoms with van der Waals surface area (Å²) in [5, 5.41) is 15.2. The minimum absolute atomic E-state index is 0.0202. The molecule has 0 aliphatic carbocycles. The first-order valence-corrected chi connectivity index (χ1v) is 8.70. The molecule has 26 heavy (non-hydrogen) atoms. The van der Waals surface area contributed by atoms with Crippen molar-refractivity contribution in [3.8, 4) is 5.75 Å². The van der Waals surface area contributed by atoms with Crippen LogP contribution in [0.4, 0.5) is 5.13 Å². The van der Waals surface area contributed by atoms with Crippen molar-refractivity contribution in [1.82, 2.24) is 15.6 Å². The maximum absolute atomic E-state index is 11.9. The molecule has 0 radical (unpaired) electrons. The molecule has 1 aromatic heterocycles. The highest BCUT2D eigenvalue weighted by Crippen LogP contribution is 2.20. The number of anilines is 1. The second-order valence-corrected chi connectivity index (χ2v) is 7.48. The maximum Gasteiger partial charge on any atom is 0.247 e. The van der Waals surface area contributed by atoms with E-state index in [2.05, 4.69) is 26.0 Å². The molecule has 1 aromatic carbocycles. The Labute approximate surface area is 155 Å². The number of nitrogens with zero attached hydrogens (tertiary/aromatic N) is 3. The van der Waals surface area contributed by atoms with Gasteiger partial charge in [-0.2, -0.15) is 5.10 Å². The van der Waals surface area contributed by atoms with E-state index in [1.165, 1.54) is 6.21 Å². The lowest BCUT2D eigenvalue weighted by Crippen LogP contribution is -2.27. The summed E-state index contributed by atoms with van der Waals surface area (Å²) in [6, 6.07) is 7.32. The number of nitrogens with one attached hydrogen (secondary N) is 2. The number of carbonyl (C=O) groups excluding carboxylic acids is 2. The smallest absolute Gasteiger partial charge is 0.247 e. The topological polar surface area (TPSA) is 106 Å². The molecule has 0 saturated heterocycles. The van der Waals surface area contributed by atoms with Crippen LogP contribution < -0.4 is 15.5 Å². The molecule has 0 saturated carbocycles. The van der Waals surface area contributed by atoms with Crippen LogP contribution in [0.3, 0.4) is 0 Å². The van der Waals surface area contributed by atoms with E-state index in [0.29, 0.717) is 15.9 Å². The van der Waals surface area contributed by atoms with Crippen molar-refractivity contribution in [2.45, 2.75) is 27.2 Å². The Hall–Kier alpha value is -2.81. The van der Waals surface area contributed by atoms with Crippen LogP contribution in [0, 0.1) is 5.41 Å². The number of methoxy groups -OCH3 is 1. The fourth-order valence-electron chi connectivity index (χ4n) is 1.78. The molecule has 2 rings (SSSR count). The predicted molar refractivity (Wildman–Crippen MR) is 100 cm³/mol. The first-order chi connectivity index (χ1) is 12.3. The summed E-state index contributed by atoms with van der Waals surface area (Å²) in [6.45, 7) is 5.41. The molecule has 138 valence electrons. The van der Waals surface area contributed by atoms with Gasteiger partial charge in [0.25, 0.3) is 0 Å². The van der Waals surface area contributed by atoms with Gasteiger partial charge in [0.1, 0.15) is 10.8 Å². The molecule has 2 N–H and O–H groups in total. The molecule has 0 spiro atoms. The number of carbonyl (C=O) groups is 2. The number of hydrazone groups is 1. The molecule has 1 heterocycles. The molecule has 0 aliphatic heterocycles. The average molecular weight is 375 g/mol. The van der Waals surface area contributed by atoms with E-state index in [0.717, 1.165) is 16.9 Å². The Bertz CT molecular complexity index is 811. The molecule has 0 unspecified atom stereocenters. The molecule has 0 bridgehead atoms. The first-order valence-electron chi connectivity index (χ1n) is 7.88. The zero-order valence-electron chi connectivity index (χ0n) is 15.1. The molecule has 9 heteroatoms. The lowest BCUT2D eigenvalue weighted by molar-refractivity contribution is -0.123. The summed E-state index contributed by atoms with van der Waals surface area (Å²) in [5.41, 5.74) is 2.65. The minimum atomic E-state index is -0.531. The number of ether oxygens (including phenoxy) is 1. The fraction of sp³-hybridized carbons (Fsp3) is 0.353. The van der Waals surface area contributed by atoms with Gasteiger partial charge in [0.15, 0.2) is 0 Å². The van der Waals surface area contributed by atoms with E-state index < -0.39 is 5.41 Å². The van der Waals surface area contributed by atoms with E-state index in [1.54, 1.807) is 33.9 Å². The average Bonchev–Trinajstić information content (AvgIpc) is 3.01. The largest absolute Gasteiger partial charge is 0.496 e. The van der Waals surface area contributed by atoms with Crippen molar-refractivity contribution in [3.63, 3.8) is 0 Å². The lowest BCUT2D eigenvalue weighted by atomic mass is 9.96. The normalized spacial score (nSPS) is 11.4. The number of rotatable bonds is 6. The van der Waals surface area contributed by atoms with E-state index in [-0.39, 0.29) is 18.2 Å². The quantitative estimate of drug-likeness (QED) is 0.595. The number of aromatic nitrogens is 2. The summed E-state index contributed by atoms with van der Waals surface area (Å²) in [4.78, 5) is 23.9. The van der Waals surface area contributed by atoms with Crippen molar-refractivity contribution >= 4 is 34.5 Å². The number of benzene rings is 1. The van der Waals surface area contributed by atoms with E-state index in [9.17, 15) is 9.59 Å². The molecular formula is C17H21N5O3S. The summed E-state index contributed by atoms with van der Waals surface area (Å²) >= 11 is 1.15. The summed E-state index contributed by atoms with van der Waals surface area (Å²) in [6.07, 6.45) is 1.53. The molecule has 2 amide bonds. The third kappa shape index (κ3) is 5.62. The van der Waals surface area contributed by atoms with Crippen LogP contribution in [0.2, 0.25) is 0 Å². The number of amides is 2. The second kappa shape index (κ2) is 8.52. The number of hydrogen-bond acceptors (Lipinski definition) is 7. The monoisotopic (exact) mass is 375 g/mol. The Morgan fingerprint density at radius 3 is 2.69 bits per heavy atom. The summed E-state index contributed by atoms with van der Waals surface area (Å²) in [7, 11) is 1.57. The molecule has 0 fully saturated rings. The Balaban J connectivity index is 1.88. The van der Waals surface area contributed by atoms with Crippen molar-refractivity contribution < 1.29 is 14.3 Å². The van der Waals surface area contributed by atoms with Gasteiger partial charge in [-0.25, -0.2) is 5.43 Å². The Kier molecular flexibility index (Phi) is 6.40. The molecule has 8 nitrogen and oxygen atoms in total. The van der Waals surface area contributed by atoms with Crippen molar-refractivity contribution in [2.24, 2.45) is 10.5 Å². The Morgan fingerprint density at radius 1 is 1.27 bits per heavy atom. The van der Waals surface area contributed by atoms with Crippen LogP contribution in [0.25, 0.3) is 0 Å². The van der Waals surface area contributed by atoms with Gasteiger partial charge in [-0.1, -0.05) is 44.2 Å². The second-order valence-electron chi connectivity index (χ2n) is 6.42. The molecular weight excluding hydrogens is 354 g/mol. The van der Waals surface area contributed by atoms with Crippen LogP contribution in [-0.2, 0) is 16.0 Å². The van der Waals surface area contributed by atoms with E-state index >= 15 is 0 Å². The molecule has 0 atom stereocenters. The highest BCUT2D eigenvalue weighted by Gasteiger charge is 2.22. The van der Waals surface area contributed by atoms with Gasteiger partial charge in [0, 0.05) is 11.0 Å². The van der Waals surface area contributed by atoms with Crippen LogP contribution >= 0.6 is 11.3 Å².